The number of carbonyl (C=O) groups is 2. The van der Waals surface area contributed by atoms with Crippen molar-refractivity contribution in [2.45, 2.75) is 52.0 Å². The number of piperidine rings is 1. The van der Waals surface area contributed by atoms with Gasteiger partial charge in [0.15, 0.2) is 0 Å². The molecule has 1 heterocycles. The van der Waals surface area contributed by atoms with Crippen molar-refractivity contribution in [2.24, 2.45) is 5.41 Å². The van der Waals surface area contributed by atoms with Gasteiger partial charge >= 0.3 is 12.1 Å². The standard InChI is InChI=1S/C25H31NO5/c1-25(2,23(27)29-3)22-21(30-17-19-11-6-4-7-12-19)15-10-16-26(22)24(28)31-18-20-13-8-5-9-14-20/h4-9,11-14,21-22H,10,15-18H2,1-3H3/t21-,22-/m1/s1. The van der Waals surface area contributed by atoms with Crippen LogP contribution in [-0.2, 0) is 32.2 Å². The topological polar surface area (TPSA) is 65.1 Å². The van der Waals surface area contributed by atoms with E-state index in [1.165, 1.54) is 7.11 Å². The number of esters is 1. The maximum atomic E-state index is 13.1. The molecule has 0 bridgehead atoms. The Balaban J connectivity index is 1.78. The Kier molecular flexibility index (Phi) is 7.69. The van der Waals surface area contributed by atoms with Crippen molar-refractivity contribution < 1.29 is 23.8 Å². The SMILES string of the molecule is COC(=O)C(C)(C)[C@H]1[C@H](OCc2ccccc2)CCCN1C(=O)OCc1ccccc1. The molecule has 0 aromatic heterocycles. The van der Waals surface area contributed by atoms with Gasteiger partial charge in [-0.2, -0.15) is 0 Å². The molecule has 1 saturated heterocycles. The fourth-order valence-electron chi connectivity index (χ4n) is 4.16. The molecule has 2 atom stereocenters. The number of methoxy groups -OCH3 is 1. The van der Waals surface area contributed by atoms with E-state index in [1.807, 2.05) is 60.7 Å². The van der Waals surface area contributed by atoms with Gasteiger partial charge < -0.3 is 19.1 Å². The summed E-state index contributed by atoms with van der Waals surface area (Å²) in [6.45, 7) is 4.68. The number of hydrogen-bond donors (Lipinski definition) is 0. The number of likely N-dealkylation sites (tertiary alicyclic amines) is 1. The number of amides is 1. The van der Waals surface area contributed by atoms with Gasteiger partial charge in [-0.15, -0.1) is 0 Å². The summed E-state index contributed by atoms with van der Waals surface area (Å²) >= 11 is 0. The molecule has 1 fully saturated rings. The van der Waals surface area contributed by atoms with E-state index in [2.05, 4.69) is 0 Å². The van der Waals surface area contributed by atoms with Gasteiger partial charge in [0.2, 0.25) is 0 Å². The normalized spacial score (nSPS) is 19.0. The van der Waals surface area contributed by atoms with Crippen LogP contribution < -0.4 is 0 Å². The average Bonchev–Trinajstić information content (AvgIpc) is 2.81. The molecule has 0 aliphatic carbocycles. The zero-order chi connectivity index (χ0) is 22.3. The second-order valence-corrected chi connectivity index (χ2v) is 8.37. The molecule has 0 saturated carbocycles. The number of carbonyl (C=O) groups excluding carboxylic acids is 2. The Labute approximate surface area is 184 Å². The lowest BCUT2D eigenvalue weighted by Gasteiger charge is -2.46. The minimum absolute atomic E-state index is 0.178. The molecule has 6 nitrogen and oxygen atoms in total. The van der Waals surface area contributed by atoms with E-state index in [4.69, 9.17) is 14.2 Å². The van der Waals surface area contributed by atoms with Crippen LogP contribution in [0.2, 0.25) is 0 Å². The predicted molar refractivity (Wildman–Crippen MR) is 117 cm³/mol. The third kappa shape index (κ3) is 5.64. The summed E-state index contributed by atoms with van der Waals surface area (Å²) in [5.41, 5.74) is 0.997. The molecule has 0 radical (unpaired) electrons. The number of rotatable bonds is 7. The summed E-state index contributed by atoms with van der Waals surface area (Å²) in [6, 6.07) is 18.9. The molecule has 2 aromatic rings. The van der Waals surface area contributed by atoms with Gasteiger partial charge in [-0.1, -0.05) is 60.7 Å². The fourth-order valence-corrected chi connectivity index (χ4v) is 4.16. The fraction of sp³-hybridized carbons (Fsp3) is 0.440. The molecule has 2 aromatic carbocycles. The number of ether oxygens (including phenoxy) is 3. The average molecular weight is 426 g/mol. The lowest BCUT2D eigenvalue weighted by Crippen LogP contribution is -2.60. The molecule has 1 amide bonds. The molecule has 1 aliphatic heterocycles. The zero-order valence-corrected chi connectivity index (χ0v) is 18.5. The van der Waals surface area contributed by atoms with E-state index in [1.54, 1.807) is 18.7 Å². The van der Waals surface area contributed by atoms with E-state index in [9.17, 15) is 9.59 Å². The van der Waals surface area contributed by atoms with E-state index < -0.39 is 17.6 Å². The summed E-state index contributed by atoms with van der Waals surface area (Å²) in [5.74, 6) is -0.381. The van der Waals surface area contributed by atoms with Gasteiger partial charge in [0, 0.05) is 6.54 Å². The van der Waals surface area contributed by atoms with Crippen molar-refractivity contribution in [1.29, 1.82) is 0 Å². The van der Waals surface area contributed by atoms with Crippen LogP contribution in [0.4, 0.5) is 4.79 Å². The highest BCUT2D eigenvalue weighted by Crippen LogP contribution is 2.36. The van der Waals surface area contributed by atoms with Crippen molar-refractivity contribution in [2.75, 3.05) is 13.7 Å². The van der Waals surface area contributed by atoms with Crippen molar-refractivity contribution >= 4 is 12.1 Å². The first-order chi connectivity index (χ1) is 14.9. The highest BCUT2D eigenvalue weighted by Gasteiger charge is 2.49. The van der Waals surface area contributed by atoms with E-state index in [0.29, 0.717) is 13.2 Å². The van der Waals surface area contributed by atoms with Crippen LogP contribution in [0.15, 0.2) is 60.7 Å². The summed E-state index contributed by atoms with van der Waals surface area (Å²) < 4.78 is 16.9. The molecule has 0 unspecified atom stereocenters. The lowest BCUT2D eigenvalue weighted by molar-refractivity contribution is -0.162. The number of hydrogen-bond acceptors (Lipinski definition) is 5. The monoisotopic (exact) mass is 425 g/mol. The Morgan fingerprint density at radius 3 is 2.13 bits per heavy atom. The van der Waals surface area contributed by atoms with Crippen molar-refractivity contribution in [1.82, 2.24) is 4.90 Å². The van der Waals surface area contributed by atoms with Gasteiger partial charge in [-0.3, -0.25) is 4.79 Å². The van der Waals surface area contributed by atoms with Gasteiger partial charge in [0.25, 0.3) is 0 Å². The van der Waals surface area contributed by atoms with Crippen LogP contribution in [0.25, 0.3) is 0 Å². The predicted octanol–water partition coefficient (Wildman–Crippen LogP) is 4.57. The van der Waals surface area contributed by atoms with E-state index in [-0.39, 0.29) is 18.7 Å². The molecular formula is C25H31NO5. The largest absolute Gasteiger partial charge is 0.469 e. The molecule has 31 heavy (non-hydrogen) atoms. The third-order valence-electron chi connectivity index (χ3n) is 5.77. The van der Waals surface area contributed by atoms with Crippen LogP contribution in [-0.4, -0.2) is 42.8 Å². The molecular weight excluding hydrogens is 394 g/mol. The first kappa shape index (κ1) is 22.8. The lowest BCUT2D eigenvalue weighted by atomic mass is 9.77. The molecule has 0 spiro atoms. The summed E-state index contributed by atoms with van der Waals surface area (Å²) in [6.07, 6.45) is 0.764. The van der Waals surface area contributed by atoms with E-state index >= 15 is 0 Å². The molecule has 0 N–H and O–H groups in total. The van der Waals surface area contributed by atoms with Gasteiger partial charge in [0.1, 0.15) is 6.61 Å². The summed E-state index contributed by atoms with van der Waals surface area (Å²) in [5, 5.41) is 0. The minimum atomic E-state index is -0.956. The summed E-state index contributed by atoms with van der Waals surface area (Å²) in [7, 11) is 1.37. The molecule has 6 heteroatoms. The second-order valence-electron chi connectivity index (χ2n) is 8.37. The highest BCUT2D eigenvalue weighted by molar-refractivity contribution is 5.78. The van der Waals surface area contributed by atoms with Crippen LogP contribution in [0.5, 0.6) is 0 Å². The smallest absolute Gasteiger partial charge is 0.410 e. The van der Waals surface area contributed by atoms with Crippen molar-refractivity contribution in [3.63, 3.8) is 0 Å². The molecule has 3 rings (SSSR count). The minimum Gasteiger partial charge on any atom is -0.469 e. The highest BCUT2D eigenvalue weighted by atomic mass is 16.6. The Bertz CT molecular complexity index is 853. The second kappa shape index (κ2) is 10.4. The van der Waals surface area contributed by atoms with Gasteiger partial charge in [-0.05, 0) is 37.8 Å². The van der Waals surface area contributed by atoms with Gasteiger partial charge in [0.05, 0.1) is 31.3 Å². The van der Waals surface area contributed by atoms with Crippen LogP contribution in [0, 0.1) is 5.41 Å². The summed E-state index contributed by atoms with van der Waals surface area (Å²) in [4.78, 5) is 27.3. The van der Waals surface area contributed by atoms with Crippen molar-refractivity contribution in [3.05, 3.63) is 71.8 Å². The first-order valence-corrected chi connectivity index (χ1v) is 10.6. The quantitative estimate of drug-likeness (QED) is 0.608. The third-order valence-corrected chi connectivity index (χ3v) is 5.77. The van der Waals surface area contributed by atoms with Crippen LogP contribution in [0.1, 0.15) is 37.8 Å². The van der Waals surface area contributed by atoms with Crippen LogP contribution >= 0.6 is 0 Å². The maximum Gasteiger partial charge on any atom is 0.410 e. The van der Waals surface area contributed by atoms with Crippen molar-refractivity contribution in [3.8, 4) is 0 Å². The zero-order valence-electron chi connectivity index (χ0n) is 18.5. The van der Waals surface area contributed by atoms with Crippen LogP contribution in [0.3, 0.4) is 0 Å². The molecule has 1 aliphatic rings. The Hall–Kier alpha value is -2.86. The number of nitrogens with zero attached hydrogens (tertiary/aromatic N) is 1. The first-order valence-electron chi connectivity index (χ1n) is 10.6. The van der Waals surface area contributed by atoms with Gasteiger partial charge in [-0.25, -0.2) is 4.79 Å². The Morgan fingerprint density at radius 1 is 0.968 bits per heavy atom. The maximum absolute atomic E-state index is 13.1. The van der Waals surface area contributed by atoms with E-state index in [0.717, 1.165) is 24.0 Å². The Morgan fingerprint density at radius 2 is 1.55 bits per heavy atom. The molecule has 166 valence electrons. The number of benzene rings is 2.